The van der Waals surface area contributed by atoms with Crippen LogP contribution in [0.1, 0.15) is 49.3 Å². The molecule has 3 atom stereocenters. The van der Waals surface area contributed by atoms with Crippen molar-refractivity contribution < 1.29 is 23.8 Å². The number of esters is 1. The quantitative estimate of drug-likeness (QED) is 0.381. The molecule has 8 heteroatoms. The largest absolute Gasteiger partial charge is 0.453 e. The summed E-state index contributed by atoms with van der Waals surface area (Å²) < 4.78 is 19.6. The lowest BCUT2D eigenvalue weighted by Crippen LogP contribution is -2.38. The number of aromatic nitrogens is 2. The van der Waals surface area contributed by atoms with Crippen LogP contribution in [-0.4, -0.2) is 44.8 Å². The zero-order chi connectivity index (χ0) is 24.0. The Morgan fingerprint density at radius 3 is 2.45 bits per heavy atom. The summed E-state index contributed by atoms with van der Waals surface area (Å²) >= 11 is 0. The minimum atomic E-state index is -1.46. The Hall–Kier alpha value is -3.26. The van der Waals surface area contributed by atoms with Gasteiger partial charge in [0.05, 0.1) is 17.1 Å². The fraction of sp³-hybridized carbons (Fsp3) is 0.400. The van der Waals surface area contributed by atoms with E-state index >= 15 is 0 Å². The number of imidazole rings is 1. The number of amides is 1. The van der Waals surface area contributed by atoms with Gasteiger partial charge in [0.15, 0.2) is 0 Å². The van der Waals surface area contributed by atoms with Crippen LogP contribution >= 0.6 is 0 Å². The Morgan fingerprint density at radius 1 is 1.15 bits per heavy atom. The van der Waals surface area contributed by atoms with Gasteiger partial charge in [0.2, 0.25) is 11.7 Å². The number of fused-ring (bicyclic) bond motifs is 1. The zero-order valence-corrected chi connectivity index (χ0v) is 18.8. The molecule has 0 aliphatic rings. The maximum absolute atomic E-state index is 13.9. The zero-order valence-electron chi connectivity index (χ0n) is 18.8. The third-order valence-corrected chi connectivity index (χ3v) is 5.57. The SMILES string of the molecule is CC(C)(F)CC[C@H](C[C@H](O)[C@H](Cc1ccccc1)OC(=O)c1nc2ccccc2[nH]1)C(N)=O. The fourth-order valence-electron chi connectivity index (χ4n) is 3.68. The summed E-state index contributed by atoms with van der Waals surface area (Å²) in [6.07, 6.45) is -1.64. The molecular weight excluding hydrogens is 425 g/mol. The van der Waals surface area contributed by atoms with Crippen LogP contribution < -0.4 is 5.73 Å². The van der Waals surface area contributed by atoms with Gasteiger partial charge in [0.1, 0.15) is 11.8 Å². The van der Waals surface area contributed by atoms with E-state index in [1.807, 2.05) is 42.5 Å². The predicted molar refractivity (Wildman–Crippen MR) is 123 cm³/mol. The number of hydrogen-bond acceptors (Lipinski definition) is 5. The second-order valence-electron chi connectivity index (χ2n) is 8.90. The molecule has 1 amide bonds. The molecule has 0 saturated carbocycles. The van der Waals surface area contributed by atoms with E-state index in [0.29, 0.717) is 11.0 Å². The summed E-state index contributed by atoms with van der Waals surface area (Å²) in [6, 6.07) is 16.4. The topological polar surface area (TPSA) is 118 Å². The standard InChI is InChI=1S/C25H30FN3O4/c1-25(2,26)13-12-17(22(27)31)15-20(30)21(14-16-8-4-3-5-9-16)33-24(32)23-28-18-10-6-7-11-19(18)29-23/h3-11,17,20-21,30H,12-15H2,1-2H3,(H2,27,31)(H,28,29)/t17-,20+,21+/m1/s1. The van der Waals surface area contributed by atoms with Crippen LogP contribution in [0.25, 0.3) is 11.0 Å². The van der Waals surface area contributed by atoms with E-state index in [1.54, 1.807) is 12.1 Å². The van der Waals surface area contributed by atoms with Crippen LogP contribution in [0.3, 0.4) is 0 Å². The third-order valence-electron chi connectivity index (χ3n) is 5.57. The molecule has 0 aliphatic carbocycles. The maximum atomic E-state index is 13.9. The predicted octanol–water partition coefficient (Wildman–Crippen LogP) is 3.71. The lowest BCUT2D eigenvalue weighted by Gasteiger charge is -2.26. The van der Waals surface area contributed by atoms with Crippen molar-refractivity contribution in [1.29, 1.82) is 0 Å². The summed E-state index contributed by atoms with van der Waals surface area (Å²) in [5, 5.41) is 10.9. The number of para-hydroxylation sites is 2. The van der Waals surface area contributed by atoms with Gasteiger partial charge in [-0.3, -0.25) is 4.79 Å². The molecule has 7 nitrogen and oxygen atoms in total. The second-order valence-corrected chi connectivity index (χ2v) is 8.90. The number of benzene rings is 2. The van der Waals surface area contributed by atoms with E-state index in [4.69, 9.17) is 10.5 Å². The monoisotopic (exact) mass is 455 g/mol. The highest BCUT2D eigenvalue weighted by Gasteiger charge is 2.31. The van der Waals surface area contributed by atoms with E-state index in [2.05, 4.69) is 9.97 Å². The highest BCUT2D eigenvalue weighted by Crippen LogP contribution is 2.25. The molecule has 0 radical (unpaired) electrons. The summed E-state index contributed by atoms with van der Waals surface area (Å²) in [5.41, 5.74) is 6.20. The first-order valence-corrected chi connectivity index (χ1v) is 11.0. The Balaban J connectivity index is 1.77. The normalized spacial score (nSPS) is 14.5. The van der Waals surface area contributed by atoms with Crippen molar-refractivity contribution in [2.24, 2.45) is 11.7 Å². The first-order chi connectivity index (χ1) is 15.6. The summed E-state index contributed by atoms with van der Waals surface area (Å²) in [7, 11) is 0. The Bertz CT molecular complexity index is 1040. The van der Waals surface area contributed by atoms with Crippen LogP contribution in [0.4, 0.5) is 4.39 Å². The first kappa shape index (κ1) is 24.4. The van der Waals surface area contributed by atoms with E-state index in [0.717, 1.165) is 5.56 Å². The van der Waals surface area contributed by atoms with Gasteiger partial charge >= 0.3 is 5.97 Å². The number of aliphatic hydroxyl groups is 1. The number of carbonyl (C=O) groups is 2. The lowest BCUT2D eigenvalue weighted by atomic mass is 9.89. The number of halogens is 1. The van der Waals surface area contributed by atoms with Crippen LogP contribution in [0.2, 0.25) is 0 Å². The molecular formula is C25H30FN3O4. The summed E-state index contributed by atoms with van der Waals surface area (Å²) in [4.78, 5) is 31.9. The van der Waals surface area contributed by atoms with Gasteiger partial charge in [0.25, 0.3) is 0 Å². The van der Waals surface area contributed by atoms with Gasteiger partial charge in [-0.15, -0.1) is 0 Å². The fourth-order valence-corrected chi connectivity index (χ4v) is 3.68. The number of hydrogen-bond donors (Lipinski definition) is 3. The highest BCUT2D eigenvalue weighted by atomic mass is 19.1. The molecule has 0 spiro atoms. The number of carbonyl (C=O) groups excluding carboxylic acids is 2. The average molecular weight is 456 g/mol. The number of aromatic amines is 1. The van der Waals surface area contributed by atoms with Crippen molar-refractivity contribution in [1.82, 2.24) is 9.97 Å². The third kappa shape index (κ3) is 7.12. The molecule has 0 saturated heterocycles. The van der Waals surface area contributed by atoms with Crippen LogP contribution in [0, 0.1) is 5.92 Å². The average Bonchev–Trinajstić information content (AvgIpc) is 3.20. The van der Waals surface area contributed by atoms with Gasteiger partial charge in [-0.1, -0.05) is 42.5 Å². The van der Waals surface area contributed by atoms with Crippen molar-refractivity contribution in [3.05, 3.63) is 66.0 Å². The molecule has 3 aromatic rings. The van der Waals surface area contributed by atoms with E-state index < -0.39 is 35.7 Å². The van der Waals surface area contributed by atoms with Crippen LogP contribution in [-0.2, 0) is 16.0 Å². The molecule has 176 valence electrons. The maximum Gasteiger partial charge on any atom is 0.374 e. The Kier molecular flexibility index (Phi) is 7.81. The van der Waals surface area contributed by atoms with Gasteiger partial charge in [-0.2, -0.15) is 0 Å². The van der Waals surface area contributed by atoms with Crippen molar-refractivity contribution in [3.63, 3.8) is 0 Å². The number of H-pyrrole nitrogens is 1. The van der Waals surface area contributed by atoms with E-state index in [9.17, 15) is 19.1 Å². The molecule has 0 unspecified atom stereocenters. The molecule has 1 heterocycles. The summed E-state index contributed by atoms with van der Waals surface area (Å²) in [6.45, 7) is 2.85. The Labute approximate surface area is 192 Å². The van der Waals surface area contributed by atoms with Crippen LogP contribution in [0.5, 0.6) is 0 Å². The smallest absolute Gasteiger partial charge is 0.374 e. The van der Waals surface area contributed by atoms with Crippen molar-refractivity contribution >= 4 is 22.9 Å². The number of rotatable bonds is 11. The number of primary amides is 1. The number of nitrogens with one attached hydrogen (secondary N) is 1. The van der Waals surface area contributed by atoms with Crippen molar-refractivity contribution in [3.8, 4) is 0 Å². The van der Waals surface area contributed by atoms with Crippen molar-refractivity contribution in [2.75, 3.05) is 0 Å². The number of ether oxygens (including phenoxy) is 1. The molecule has 2 aromatic carbocycles. The van der Waals surface area contributed by atoms with Gasteiger partial charge < -0.3 is 20.6 Å². The van der Waals surface area contributed by atoms with E-state index in [1.165, 1.54) is 13.8 Å². The number of nitrogens with two attached hydrogens (primary N) is 1. The highest BCUT2D eigenvalue weighted by molar-refractivity contribution is 5.90. The molecule has 1 aromatic heterocycles. The van der Waals surface area contributed by atoms with Crippen LogP contribution in [0.15, 0.2) is 54.6 Å². The van der Waals surface area contributed by atoms with Gasteiger partial charge in [0, 0.05) is 12.3 Å². The van der Waals surface area contributed by atoms with Gasteiger partial charge in [-0.05, 0) is 50.8 Å². The minimum Gasteiger partial charge on any atom is -0.453 e. The number of aliphatic hydroxyl groups excluding tert-OH is 1. The van der Waals surface area contributed by atoms with Gasteiger partial charge in [-0.25, -0.2) is 14.2 Å². The number of alkyl halides is 1. The first-order valence-electron chi connectivity index (χ1n) is 11.0. The summed E-state index contributed by atoms with van der Waals surface area (Å²) in [5.74, 6) is -2.07. The van der Waals surface area contributed by atoms with E-state index in [-0.39, 0.29) is 31.5 Å². The lowest BCUT2D eigenvalue weighted by molar-refractivity contribution is -0.124. The molecule has 0 fully saturated rings. The Morgan fingerprint density at radius 2 is 1.82 bits per heavy atom. The molecule has 0 aliphatic heterocycles. The molecule has 4 N–H and O–H groups in total. The molecule has 3 rings (SSSR count). The van der Waals surface area contributed by atoms with Crippen molar-refractivity contribution in [2.45, 2.75) is 57.4 Å². The molecule has 0 bridgehead atoms. The molecule has 33 heavy (non-hydrogen) atoms. The number of nitrogens with zero attached hydrogens (tertiary/aromatic N) is 1. The minimum absolute atomic E-state index is 0.0205. The second kappa shape index (κ2) is 10.6.